The Balaban J connectivity index is 2.27. The van der Waals surface area contributed by atoms with E-state index in [1.165, 1.54) is 12.1 Å². The number of halogens is 1. The van der Waals surface area contributed by atoms with Gasteiger partial charge in [0.05, 0.1) is 6.04 Å². The van der Waals surface area contributed by atoms with Gasteiger partial charge in [-0.15, -0.1) is 0 Å². The third kappa shape index (κ3) is 2.82. The molecule has 0 aliphatic rings. The zero-order valence-electron chi connectivity index (χ0n) is 10.00. The second kappa shape index (κ2) is 5.56. The molecule has 2 rings (SSSR count). The van der Waals surface area contributed by atoms with E-state index in [0.717, 1.165) is 28.9 Å². The fourth-order valence-electron chi connectivity index (χ4n) is 1.87. The van der Waals surface area contributed by atoms with Crippen LogP contribution in [0.4, 0.5) is 4.39 Å². The molecule has 92 valence electrons. The summed E-state index contributed by atoms with van der Waals surface area (Å²) in [4.78, 5) is 0. The van der Waals surface area contributed by atoms with Crippen molar-refractivity contribution in [1.82, 2.24) is 5.32 Å². The molecule has 0 fully saturated rings. The van der Waals surface area contributed by atoms with Crippen molar-refractivity contribution in [1.29, 1.82) is 0 Å². The molecule has 0 saturated carbocycles. The third-order valence-corrected chi connectivity index (χ3v) is 3.44. The second-order valence-electron chi connectivity index (χ2n) is 3.95. The van der Waals surface area contributed by atoms with E-state index in [1.807, 2.05) is 24.9 Å². The molecule has 0 aliphatic heterocycles. The number of nitrogens with one attached hydrogen (secondary N) is 1. The van der Waals surface area contributed by atoms with Crippen LogP contribution in [0.25, 0.3) is 11.0 Å². The van der Waals surface area contributed by atoms with Crippen LogP contribution in [0.2, 0.25) is 0 Å². The Labute approximate surface area is 105 Å². The molecule has 1 atom stereocenters. The zero-order chi connectivity index (χ0) is 12.3. The molecule has 4 heteroatoms. The highest BCUT2D eigenvalue weighted by molar-refractivity contribution is 7.98. The fraction of sp³-hybridized carbons (Fsp3) is 0.385. The molecule has 0 aliphatic carbocycles. The monoisotopic (exact) mass is 253 g/mol. The van der Waals surface area contributed by atoms with Gasteiger partial charge >= 0.3 is 0 Å². The molecule has 0 amide bonds. The highest BCUT2D eigenvalue weighted by Gasteiger charge is 2.14. The molecule has 0 radical (unpaired) electrons. The van der Waals surface area contributed by atoms with Gasteiger partial charge in [0.1, 0.15) is 17.2 Å². The highest BCUT2D eigenvalue weighted by Crippen LogP contribution is 2.26. The number of furan rings is 1. The minimum absolute atomic E-state index is 0.193. The van der Waals surface area contributed by atoms with E-state index in [1.54, 1.807) is 6.07 Å². The first-order chi connectivity index (χ1) is 8.24. The smallest absolute Gasteiger partial charge is 0.134 e. The molecule has 0 spiro atoms. The molecule has 0 bridgehead atoms. The summed E-state index contributed by atoms with van der Waals surface area (Å²) in [5.74, 6) is 1.72. The average molecular weight is 253 g/mol. The molecular formula is C13H16FNOS. The Morgan fingerprint density at radius 2 is 2.24 bits per heavy atom. The quantitative estimate of drug-likeness (QED) is 0.881. The van der Waals surface area contributed by atoms with Gasteiger partial charge in [-0.3, -0.25) is 0 Å². The molecule has 17 heavy (non-hydrogen) atoms. The van der Waals surface area contributed by atoms with Crippen LogP contribution in [-0.2, 0) is 0 Å². The molecular weight excluding hydrogens is 237 g/mol. The lowest BCUT2D eigenvalue weighted by Crippen LogP contribution is -2.16. The van der Waals surface area contributed by atoms with Crippen molar-refractivity contribution >= 4 is 22.7 Å². The Kier molecular flexibility index (Phi) is 4.07. The van der Waals surface area contributed by atoms with E-state index in [4.69, 9.17) is 4.42 Å². The molecule has 1 aromatic carbocycles. The van der Waals surface area contributed by atoms with Crippen molar-refractivity contribution in [2.24, 2.45) is 0 Å². The summed E-state index contributed by atoms with van der Waals surface area (Å²) >= 11 is 1.81. The van der Waals surface area contributed by atoms with Crippen molar-refractivity contribution in [3.63, 3.8) is 0 Å². The van der Waals surface area contributed by atoms with Gasteiger partial charge in [0, 0.05) is 5.39 Å². The molecule has 1 unspecified atom stereocenters. The van der Waals surface area contributed by atoms with Crippen LogP contribution in [0.1, 0.15) is 18.2 Å². The van der Waals surface area contributed by atoms with Gasteiger partial charge < -0.3 is 9.73 Å². The summed E-state index contributed by atoms with van der Waals surface area (Å²) in [6.07, 6.45) is 3.08. The largest absolute Gasteiger partial charge is 0.459 e. The first-order valence-electron chi connectivity index (χ1n) is 5.60. The zero-order valence-corrected chi connectivity index (χ0v) is 10.8. The Morgan fingerprint density at radius 1 is 1.41 bits per heavy atom. The van der Waals surface area contributed by atoms with Gasteiger partial charge in [0.25, 0.3) is 0 Å². The van der Waals surface area contributed by atoms with Crippen LogP contribution in [-0.4, -0.2) is 19.1 Å². The number of hydrogen-bond acceptors (Lipinski definition) is 3. The molecule has 2 aromatic rings. The van der Waals surface area contributed by atoms with Crippen molar-refractivity contribution < 1.29 is 8.81 Å². The normalized spacial score (nSPS) is 13.1. The van der Waals surface area contributed by atoms with Crippen LogP contribution in [0.15, 0.2) is 28.7 Å². The summed E-state index contributed by atoms with van der Waals surface area (Å²) in [6, 6.07) is 6.71. The highest BCUT2D eigenvalue weighted by atomic mass is 32.2. The maximum atomic E-state index is 13.1. The predicted octanol–water partition coefficient (Wildman–Crippen LogP) is 3.59. The van der Waals surface area contributed by atoms with E-state index in [-0.39, 0.29) is 11.9 Å². The SMILES string of the molecule is CNC(CCSC)c1cc2cc(F)ccc2o1. The maximum absolute atomic E-state index is 13.1. The minimum Gasteiger partial charge on any atom is -0.459 e. The predicted molar refractivity (Wildman–Crippen MR) is 71.0 cm³/mol. The van der Waals surface area contributed by atoms with Crippen LogP contribution >= 0.6 is 11.8 Å². The van der Waals surface area contributed by atoms with Gasteiger partial charge in [0.2, 0.25) is 0 Å². The molecule has 1 heterocycles. The number of fused-ring (bicyclic) bond motifs is 1. The van der Waals surface area contributed by atoms with Crippen molar-refractivity contribution in [2.75, 3.05) is 19.1 Å². The molecule has 1 aromatic heterocycles. The Morgan fingerprint density at radius 3 is 2.94 bits per heavy atom. The summed E-state index contributed by atoms with van der Waals surface area (Å²) in [5, 5.41) is 4.05. The lowest BCUT2D eigenvalue weighted by molar-refractivity contribution is 0.446. The van der Waals surface area contributed by atoms with Gasteiger partial charge in [-0.2, -0.15) is 11.8 Å². The third-order valence-electron chi connectivity index (χ3n) is 2.80. The lowest BCUT2D eigenvalue weighted by atomic mass is 10.1. The van der Waals surface area contributed by atoms with Crippen LogP contribution in [0, 0.1) is 5.82 Å². The van der Waals surface area contributed by atoms with Crippen LogP contribution < -0.4 is 5.32 Å². The first kappa shape index (κ1) is 12.5. The van der Waals surface area contributed by atoms with Crippen LogP contribution in [0.5, 0.6) is 0 Å². The van der Waals surface area contributed by atoms with Gasteiger partial charge in [-0.05, 0) is 49.7 Å². The van der Waals surface area contributed by atoms with E-state index >= 15 is 0 Å². The summed E-state index contributed by atoms with van der Waals surface area (Å²) < 4.78 is 18.8. The molecule has 0 saturated heterocycles. The minimum atomic E-state index is -0.227. The number of rotatable bonds is 5. The summed E-state index contributed by atoms with van der Waals surface area (Å²) in [7, 11) is 1.92. The molecule has 2 nitrogen and oxygen atoms in total. The van der Waals surface area contributed by atoms with Gasteiger partial charge in [-0.1, -0.05) is 0 Å². The van der Waals surface area contributed by atoms with Gasteiger partial charge in [0.15, 0.2) is 0 Å². The number of hydrogen-bond donors (Lipinski definition) is 1. The van der Waals surface area contributed by atoms with E-state index < -0.39 is 0 Å². The maximum Gasteiger partial charge on any atom is 0.134 e. The van der Waals surface area contributed by atoms with E-state index in [2.05, 4.69) is 11.6 Å². The van der Waals surface area contributed by atoms with Crippen LogP contribution in [0.3, 0.4) is 0 Å². The number of benzene rings is 1. The fourth-order valence-corrected chi connectivity index (χ4v) is 2.34. The Hall–Kier alpha value is -1.00. The standard InChI is InChI=1S/C13H16FNOS/c1-15-11(5-6-17-2)13-8-9-7-10(14)3-4-12(9)16-13/h3-4,7-8,11,15H,5-6H2,1-2H3. The lowest BCUT2D eigenvalue weighted by Gasteiger charge is -2.11. The molecule has 1 N–H and O–H groups in total. The number of thioether (sulfide) groups is 1. The topological polar surface area (TPSA) is 25.2 Å². The average Bonchev–Trinajstić information content (AvgIpc) is 2.72. The summed E-state index contributed by atoms with van der Waals surface area (Å²) in [6.45, 7) is 0. The second-order valence-corrected chi connectivity index (χ2v) is 4.94. The van der Waals surface area contributed by atoms with Gasteiger partial charge in [-0.25, -0.2) is 4.39 Å². The first-order valence-corrected chi connectivity index (χ1v) is 6.99. The van der Waals surface area contributed by atoms with Crippen molar-refractivity contribution in [3.8, 4) is 0 Å². The van der Waals surface area contributed by atoms with E-state index in [9.17, 15) is 4.39 Å². The summed E-state index contributed by atoms with van der Waals surface area (Å²) in [5.41, 5.74) is 0.741. The van der Waals surface area contributed by atoms with Crippen molar-refractivity contribution in [2.45, 2.75) is 12.5 Å². The Bertz CT molecular complexity index is 497. The van der Waals surface area contributed by atoms with E-state index in [0.29, 0.717) is 0 Å². The van der Waals surface area contributed by atoms with Crippen molar-refractivity contribution in [3.05, 3.63) is 35.8 Å².